The fourth-order valence-electron chi connectivity index (χ4n) is 3.43. The molecular weight excluding hydrogens is 318 g/mol. The molecule has 3 aliphatic rings. The molecule has 1 aromatic carbocycles. The zero-order chi connectivity index (χ0) is 17.4. The lowest BCUT2D eigenvalue weighted by Crippen LogP contribution is -2.47. The number of hydrogen-bond acceptors (Lipinski definition) is 3. The van der Waals surface area contributed by atoms with Crippen molar-refractivity contribution >= 4 is 29.2 Å². The highest BCUT2D eigenvalue weighted by Crippen LogP contribution is 2.28. The molecule has 1 atom stereocenters. The predicted molar refractivity (Wildman–Crippen MR) is 93.4 cm³/mol. The van der Waals surface area contributed by atoms with Crippen LogP contribution in [-0.4, -0.2) is 41.5 Å². The van der Waals surface area contributed by atoms with Crippen LogP contribution in [0.3, 0.4) is 0 Å². The second-order valence-electron chi connectivity index (χ2n) is 6.20. The molecule has 6 heteroatoms. The monoisotopic (exact) mass is 335 g/mol. The molecule has 1 aromatic rings. The van der Waals surface area contributed by atoms with Gasteiger partial charge in [-0.2, -0.15) is 4.99 Å². The maximum absolute atomic E-state index is 12.6. The maximum Gasteiger partial charge on any atom is 0.350 e. The lowest BCUT2D eigenvalue weighted by atomic mass is 9.95. The Balaban J connectivity index is 1.45. The van der Waals surface area contributed by atoms with E-state index in [9.17, 15) is 14.4 Å². The molecule has 2 heterocycles. The molecule has 0 N–H and O–H groups in total. The van der Waals surface area contributed by atoms with Gasteiger partial charge in [-0.1, -0.05) is 36.4 Å². The molecule has 126 valence electrons. The van der Waals surface area contributed by atoms with Crippen molar-refractivity contribution < 1.29 is 14.4 Å². The van der Waals surface area contributed by atoms with Gasteiger partial charge < -0.3 is 4.90 Å². The van der Waals surface area contributed by atoms with Gasteiger partial charge >= 0.3 is 6.03 Å². The molecule has 0 bridgehead atoms. The van der Waals surface area contributed by atoms with Gasteiger partial charge in [-0.25, -0.2) is 4.79 Å². The van der Waals surface area contributed by atoms with Crippen LogP contribution in [0.25, 0.3) is 0 Å². The van der Waals surface area contributed by atoms with Gasteiger partial charge in [0.05, 0.1) is 11.6 Å². The SMILES string of the molecule is O=C1N=C2C=CC=CC2C(=O)N1CCC(=O)N1CCc2ccccc21. The summed E-state index contributed by atoms with van der Waals surface area (Å²) >= 11 is 0. The average molecular weight is 335 g/mol. The second kappa shape index (κ2) is 6.12. The molecule has 2 aliphatic heterocycles. The Kier molecular flexibility index (Phi) is 3.80. The summed E-state index contributed by atoms with van der Waals surface area (Å²) in [4.78, 5) is 44.0. The van der Waals surface area contributed by atoms with Gasteiger partial charge in [-0.05, 0) is 24.1 Å². The van der Waals surface area contributed by atoms with Gasteiger partial charge in [0.2, 0.25) is 11.8 Å². The van der Waals surface area contributed by atoms with E-state index >= 15 is 0 Å². The minimum Gasteiger partial charge on any atom is -0.312 e. The van der Waals surface area contributed by atoms with E-state index in [0.717, 1.165) is 22.6 Å². The number of imide groups is 1. The van der Waals surface area contributed by atoms with E-state index in [0.29, 0.717) is 12.3 Å². The third-order valence-electron chi connectivity index (χ3n) is 4.73. The Hall–Kier alpha value is -3.02. The summed E-state index contributed by atoms with van der Waals surface area (Å²) in [6.45, 7) is 0.693. The standard InChI is InChI=1S/C19H17N3O3/c23-17(21-11-9-13-5-1-4-8-16(13)21)10-12-22-18(24)14-6-2-3-7-15(14)20-19(22)25/h1-8,14H,9-12H2. The summed E-state index contributed by atoms with van der Waals surface area (Å²) in [5, 5.41) is 0. The van der Waals surface area contributed by atoms with Crippen molar-refractivity contribution in [1.29, 1.82) is 0 Å². The molecule has 1 aliphatic carbocycles. The van der Waals surface area contributed by atoms with Crippen molar-refractivity contribution in [2.45, 2.75) is 12.8 Å². The number of nitrogens with zero attached hydrogens (tertiary/aromatic N) is 3. The fourth-order valence-corrected chi connectivity index (χ4v) is 3.43. The molecule has 0 aromatic heterocycles. The maximum atomic E-state index is 12.6. The zero-order valence-corrected chi connectivity index (χ0v) is 13.6. The van der Waals surface area contributed by atoms with Crippen LogP contribution in [0.15, 0.2) is 53.6 Å². The number of anilines is 1. The molecular formula is C19H17N3O3. The summed E-state index contributed by atoms with van der Waals surface area (Å²) in [5.74, 6) is -0.921. The van der Waals surface area contributed by atoms with Crippen LogP contribution >= 0.6 is 0 Å². The highest BCUT2D eigenvalue weighted by atomic mass is 16.2. The van der Waals surface area contributed by atoms with E-state index < -0.39 is 11.9 Å². The van der Waals surface area contributed by atoms with Crippen molar-refractivity contribution in [3.63, 3.8) is 0 Å². The van der Waals surface area contributed by atoms with Gasteiger partial charge in [0.15, 0.2) is 0 Å². The number of para-hydroxylation sites is 1. The Labute approximate surface area is 145 Å². The van der Waals surface area contributed by atoms with E-state index in [1.54, 1.807) is 29.2 Å². The Bertz CT molecular complexity index is 853. The lowest BCUT2D eigenvalue weighted by molar-refractivity contribution is -0.129. The highest BCUT2D eigenvalue weighted by Gasteiger charge is 2.36. The van der Waals surface area contributed by atoms with Crippen molar-refractivity contribution in [2.75, 3.05) is 18.0 Å². The molecule has 25 heavy (non-hydrogen) atoms. The van der Waals surface area contributed by atoms with Gasteiger partial charge in [-0.3, -0.25) is 14.5 Å². The van der Waals surface area contributed by atoms with E-state index in [1.807, 2.05) is 24.3 Å². The topological polar surface area (TPSA) is 70.0 Å². The third kappa shape index (κ3) is 2.69. The molecule has 4 amide bonds. The van der Waals surface area contributed by atoms with Crippen LogP contribution < -0.4 is 4.90 Å². The first-order valence-corrected chi connectivity index (χ1v) is 8.32. The molecule has 4 rings (SSSR count). The van der Waals surface area contributed by atoms with Crippen LogP contribution in [0.4, 0.5) is 10.5 Å². The first kappa shape index (κ1) is 15.5. The molecule has 0 saturated carbocycles. The highest BCUT2D eigenvalue weighted by molar-refractivity contribution is 6.21. The summed E-state index contributed by atoms with van der Waals surface area (Å²) in [7, 11) is 0. The van der Waals surface area contributed by atoms with Gasteiger partial charge in [0, 0.05) is 25.2 Å². The predicted octanol–water partition coefficient (Wildman–Crippen LogP) is 2.11. The Morgan fingerprint density at radius 1 is 1.20 bits per heavy atom. The minimum atomic E-state index is -0.592. The first-order chi connectivity index (χ1) is 12.1. The third-order valence-corrected chi connectivity index (χ3v) is 4.73. The summed E-state index contributed by atoms with van der Waals surface area (Å²) in [5.41, 5.74) is 2.53. The number of amides is 4. The number of hydrogen-bond donors (Lipinski definition) is 0. The van der Waals surface area contributed by atoms with Crippen LogP contribution in [0.2, 0.25) is 0 Å². The average Bonchev–Trinajstić information content (AvgIpc) is 3.05. The summed E-state index contributed by atoms with van der Waals surface area (Å²) in [6.07, 6.45) is 7.84. The number of carbonyl (C=O) groups excluding carboxylic acids is 3. The normalized spacial score (nSPS) is 21.3. The van der Waals surface area contributed by atoms with Gasteiger partial charge in [-0.15, -0.1) is 0 Å². The van der Waals surface area contributed by atoms with Crippen molar-refractivity contribution in [3.05, 3.63) is 54.1 Å². The van der Waals surface area contributed by atoms with E-state index in [1.165, 1.54) is 0 Å². The quantitative estimate of drug-likeness (QED) is 0.849. The van der Waals surface area contributed by atoms with Crippen LogP contribution in [0.1, 0.15) is 12.0 Å². The molecule has 0 spiro atoms. The van der Waals surface area contributed by atoms with Crippen LogP contribution in [-0.2, 0) is 16.0 Å². The molecule has 0 radical (unpaired) electrons. The number of fused-ring (bicyclic) bond motifs is 2. The van der Waals surface area contributed by atoms with Crippen molar-refractivity contribution in [3.8, 4) is 0 Å². The van der Waals surface area contributed by atoms with Crippen molar-refractivity contribution in [2.24, 2.45) is 10.9 Å². The Morgan fingerprint density at radius 3 is 2.92 bits per heavy atom. The number of allylic oxidation sites excluding steroid dienone is 3. The van der Waals surface area contributed by atoms with Crippen molar-refractivity contribution in [1.82, 2.24) is 4.90 Å². The number of rotatable bonds is 3. The largest absolute Gasteiger partial charge is 0.350 e. The molecule has 6 nitrogen and oxygen atoms in total. The van der Waals surface area contributed by atoms with E-state index in [4.69, 9.17) is 0 Å². The number of urea groups is 1. The fraction of sp³-hybridized carbons (Fsp3) is 0.263. The molecule has 1 unspecified atom stereocenters. The van der Waals surface area contributed by atoms with Gasteiger partial charge in [0.25, 0.3) is 0 Å². The summed E-state index contributed by atoms with van der Waals surface area (Å²) in [6, 6.07) is 7.21. The van der Waals surface area contributed by atoms with Crippen LogP contribution in [0, 0.1) is 5.92 Å². The van der Waals surface area contributed by atoms with E-state index in [-0.39, 0.29) is 24.8 Å². The second-order valence-corrected chi connectivity index (χ2v) is 6.20. The molecule has 0 saturated heterocycles. The van der Waals surface area contributed by atoms with E-state index in [2.05, 4.69) is 4.99 Å². The van der Waals surface area contributed by atoms with Crippen LogP contribution in [0.5, 0.6) is 0 Å². The smallest absolute Gasteiger partial charge is 0.312 e. The number of benzene rings is 1. The first-order valence-electron chi connectivity index (χ1n) is 8.32. The molecule has 0 fully saturated rings. The number of aliphatic imine (C=N–C) groups is 1. The lowest BCUT2D eigenvalue weighted by Gasteiger charge is -2.28. The Morgan fingerprint density at radius 2 is 2.04 bits per heavy atom. The summed E-state index contributed by atoms with van der Waals surface area (Å²) < 4.78 is 0. The minimum absolute atomic E-state index is 0.0556. The number of carbonyl (C=O) groups is 3. The van der Waals surface area contributed by atoms with Gasteiger partial charge in [0.1, 0.15) is 0 Å². The zero-order valence-electron chi connectivity index (χ0n) is 13.6.